The van der Waals surface area contributed by atoms with Crippen LogP contribution in [0.1, 0.15) is 33.1 Å². The summed E-state index contributed by atoms with van der Waals surface area (Å²) in [6, 6.07) is 17.4. The van der Waals surface area contributed by atoms with Crippen LogP contribution in [0.25, 0.3) is 0 Å². The number of amides is 4. The molecule has 0 spiro atoms. The highest BCUT2D eigenvalue weighted by atomic mass is 16.2. The second-order valence-corrected chi connectivity index (χ2v) is 7.97. The Hall–Kier alpha value is -3.35. The predicted octanol–water partition coefficient (Wildman–Crippen LogP) is 3.63. The van der Waals surface area contributed by atoms with Gasteiger partial charge in [-0.15, -0.1) is 0 Å². The van der Waals surface area contributed by atoms with E-state index in [1.165, 1.54) is 0 Å². The highest BCUT2D eigenvalue weighted by Crippen LogP contribution is 2.19. The number of carbonyl (C=O) groups is 3. The minimum Gasteiger partial charge on any atom is -0.332 e. The summed E-state index contributed by atoms with van der Waals surface area (Å²) in [5, 5.41) is 5.52. The molecule has 2 aromatic carbocycles. The highest BCUT2D eigenvalue weighted by Gasteiger charge is 2.31. The van der Waals surface area contributed by atoms with Crippen LogP contribution in [-0.4, -0.2) is 47.9 Å². The number of nitrogens with zero attached hydrogens (tertiary/aromatic N) is 2. The van der Waals surface area contributed by atoms with E-state index >= 15 is 0 Å². The maximum absolute atomic E-state index is 13.1. The molecule has 7 nitrogen and oxygen atoms in total. The second-order valence-electron chi connectivity index (χ2n) is 7.97. The highest BCUT2D eigenvalue weighted by molar-refractivity contribution is 5.99. The van der Waals surface area contributed by atoms with Crippen LogP contribution >= 0.6 is 0 Å². The molecule has 0 radical (unpaired) electrons. The number of rotatable bonds is 6. The van der Waals surface area contributed by atoms with Crippen LogP contribution in [0.4, 0.5) is 16.2 Å². The molecule has 3 rings (SSSR count). The van der Waals surface area contributed by atoms with Gasteiger partial charge >= 0.3 is 6.03 Å². The number of benzene rings is 2. The van der Waals surface area contributed by atoms with Crippen LogP contribution in [0.5, 0.6) is 0 Å². The van der Waals surface area contributed by atoms with Gasteiger partial charge in [0.1, 0.15) is 12.6 Å². The number of hydrogen-bond donors (Lipinski definition) is 2. The Labute approximate surface area is 183 Å². The molecule has 7 heteroatoms. The summed E-state index contributed by atoms with van der Waals surface area (Å²) < 4.78 is 0. The molecule has 0 saturated carbocycles. The zero-order valence-electron chi connectivity index (χ0n) is 18.1. The average molecular weight is 423 g/mol. The molecular formula is C24H30N4O3. The van der Waals surface area contributed by atoms with Gasteiger partial charge in [0.05, 0.1) is 0 Å². The molecule has 1 saturated heterocycles. The van der Waals surface area contributed by atoms with Crippen molar-refractivity contribution in [2.24, 2.45) is 0 Å². The third kappa shape index (κ3) is 6.07. The standard InChI is InChI=1S/C24H30N4O3/c1-18(2)28(20-13-7-4-8-14-20)22(29)17-27-16-10-9-15-21(23(27)30)26-24(31)25-19-11-5-3-6-12-19/h3-8,11-14,18,21H,9-10,15-17H2,1-2H3,(H2,25,26,31). The maximum atomic E-state index is 13.1. The lowest BCUT2D eigenvalue weighted by molar-refractivity contribution is -0.136. The lowest BCUT2D eigenvalue weighted by Gasteiger charge is -2.31. The maximum Gasteiger partial charge on any atom is 0.319 e. The molecule has 1 atom stereocenters. The van der Waals surface area contributed by atoms with Crippen LogP contribution in [0, 0.1) is 0 Å². The number of hydrogen-bond acceptors (Lipinski definition) is 3. The molecule has 1 heterocycles. The quantitative estimate of drug-likeness (QED) is 0.746. The number of likely N-dealkylation sites (tertiary alicyclic amines) is 1. The SMILES string of the molecule is CC(C)N(C(=O)CN1CCCCC(NC(=O)Nc2ccccc2)C1=O)c1ccccc1. The van der Waals surface area contributed by atoms with Gasteiger partial charge in [-0.25, -0.2) is 4.79 Å². The zero-order chi connectivity index (χ0) is 22.2. The second kappa shape index (κ2) is 10.6. The monoisotopic (exact) mass is 422 g/mol. The summed E-state index contributed by atoms with van der Waals surface area (Å²) in [4.78, 5) is 41.9. The summed E-state index contributed by atoms with van der Waals surface area (Å²) in [5.74, 6) is -0.352. The van der Waals surface area contributed by atoms with Crippen molar-refractivity contribution in [3.8, 4) is 0 Å². The Bertz CT molecular complexity index is 886. The molecule has 2 N–H and O–H groups in total. The Balaban J connectivity index is 1.66. The van der Waals surface area contributed by atoms with Gasteiger partial charge in [-0.1, -0.05) is 36.4 Å². The van der Waals surface area contributed by atoms with Crippen molar-refractivity contribution in [3.05, 3.63) is 60.7 Å². The van der Waals surface area contributed by atoms with E-state index in [9.17, 15) is 14.4 Å². The van der Waals surface area contributed by atoms with Gasteiger partial charge in [0, 0.05) is 24.0 Å². The van der Waals surface area contributed by atoms with Gasteiger partial charge in [0.15, 0.2) is 0 Å². The molecule has 4 amide bonds. The van der Waals surface area contributed by atoms with E-state index in [-0.39, 0.29) is 24.4 Å². The molecule has 2 aromatic rings. The minimum absolute atomic E-state index is 0.00953. The molecule has 1 aliphatic heterocycles. The fourth-order valence-corrected chi connectivity index (χ4v) is 3.80. The normalized spacial score (nSPS) is 16.5. The summed E-state index contributed by atoms with van der Waals surface area (Å²) in [7, 11) is 0. The van der Waals surface area contributed by atoms with Gasteiger partial charge in [-0.3, -0.25) is 9.59 Å². The van der Waals surface area contributed by atoms with Crippen molar-refractivity contribution in [1.29, 1.82) is 0 Å². The lowest BCUT2D eigenvalue weighted by atomic mass is 10.1. The van der Waals surface area contributed by atoms with Crippen molar-refractivity contribution in [2.75, 3.05) is 23.3 Å². The third-order valence-corrected chi connectivity index (χ3v) is 5.26. The number of carbonyl (C=O) groups excluding carboxylic acids is 3. The average Bonchev–Trinajstić information content (AvgIpc) is 2.91. The first-order chi connectivity index (χ1) is 15.0. The van der Waals surface area contributed by atoms with Gasteiger partial charge in [-0.2, -0.15) is 0 Å². The fourth-order valence-electron chi connectivity index (χ4n) is 3.80. The fraction of sp³-hybridized carbons (Fsp3) is 0.375. The Morgan fingerprint density at radius 1 is 1.03 bits per heavy atom. The van der Waals surface area contributed by atoms with Crippen LogP contribution in [-0.2, 0) is 9.59 Å². The largest absolute Gasteiger partial charge is 0.332 e. The molecule has 1 unspecified atom stereocenters. The van der Waals surface area contributed by atoms with E-state index in [0.29, 0.717) is 18.7 Å². The van der Waals surface area contributed by atoms with Gasteiger partial charge in [0.2, 0.25) is 11.8 Å². The van der Waals surface area contributed by atoms with Gasteiger partial charge in [-0.05, 0) is 57.4 Å². The summed E-state index contributed by atoms with van der Waals surface area (Å²) in [6.45, 7) is 4.40. The van der Waals surface area contributed by atoms with Crippen molar-refractivity contribution in [1.82, 2.24) is 10.2 Å². The smallest absolute Gasteiger partial charge is 0.319 e. The van der Waals surface area contributed by atoms with E-state index in [2.05, 4.69) is 10.6 Å². The summed E-state index contributed by atoms with van der Waals surface area (Å²) in [6.07, 6.45) is 2.15. The van der Waals surface area contributed by atoms with E-state index in [0.717, 1.165) is 18.5 Å². The number of nitrogens with one attached hydrogen (secondary N) is 2. The van der Waals surface area contributed by atoms with Crippen LogP contribution in [0.3, 0.4) is 0 Å². The van der Waals surface area contributed by atoms with Crippen molar-refractivity contribution in [2.45, 2.75) is 45.2 Å². The van der Waals surface area contributed by atoms with Crippen LogP contribution < -0.4 is 15.5 Å². The van der Waals surface area contributed by atoms with E-state index in [1.807, 2.05) is 62.4 Å². The molecule has 1 aliphatic rings. The van der Waals surface area contributed by atoms with Crippen LogP contribution in [0.15, 0.2) is 60.7 Å². The zero-order valence-corrected chi connectivity index (χ0v) is 18.1. The Kier molecular flexibility index (Phi) is 7.65. The Morgan fingerprint density at radius 2 is 1.68 bits per heavy atom. The lowest BCUT2D eigenvalue weighted by Crippen LogP contribution is -2.52. The molecule has 31 heavy (non-hydrogen) atoms. The molecule has 0 bridgehead atoms. The molecule has 0 aromatic heterocycles. The van der Waals surface area contributed by atoms with Crippen molar-refractivity contribution in [3.63, 3.8) is 0 Å². The number of anilines is 2. The topological polar surface area (TPSA) is 81.8 Å². The molecule has 164 valence electrons. The molecular weight excluding hydrogens is 392 g/mol. The first-order valence-electron chi connectivity index (χ1n) is 10.7. The first kappa shape index (κ1) is 22.3. The van der Waals surface area contributed by atoms with Crippen molar-refractivity contribution >= 4 is 29.2 Å². The minimum atomic E-state index is -0.650. The number of urea groups is 1. The molecule has 0 aliphatic carbocycles. The first-order valence-corrected chi connectivity index (χ1v) is 10.7. The Morgan fingerprint density at radius 3 is 2.32 bits per heavy atom. The van der Waals surface area contributed by atoms with E-state index in [4.69, 9.17) is 0 Å². The van der Waals surface area contributed by atoms with E-state index in [1.54, 1.807) is 21.9 Å². The molecule has 1 fully saturated rings. The number of para-hydroxylation sites is 2. The van der Waals surface area contributed by atoms with Crippen molar-refractivity contribution < 1.29 is 14.4 Å². The van der Waals surface area contributed by atoms with Gasteiger partial charge < -0.3 is 20.4 Å². The van der Waals surface area contributed by atoms with Crippen LogP contribution in [0.2, 0.25) is 0 Å². The van der Waals surface area contributed by atoms with Gasteiger partial charge in [0.25, 0.3) is 0 Å². The third-order valence-electron chi connectivity index (χ3n) is 5.26. The summed E-state index contributed by atoms with van der Waals surface area (Å²) in [5.41, 5.74) is 1.46. The summed E-state index contributed by atoms with van der Waals surface area (Å²) >= 11 is 0. The van der Waals surface area contributed by atoms with E-state index < -0.39 is 12.1 Å². The predicted molar refractivity (Wildman–Crippen MR) is 122 cm³/mol.